The molecule has 0 aromatic heterocycles. The van der Waals surface area contributed by atoms with Gasteiger partial charge in [-0.15, -0.1) is 0 Å². The molecule has 1 unspecified atom stereocenters. The summed E-state index contributed by atoms with van der Waals surface area (Å²) in [7, 11) is 0. The van der Waals surface area contributed by atoms with Gasteiger partial charge in [0.15, 0.2) is 0 Å². The zero-order valence-corrected chi connectivity index (χ0v) is 8.54. The smallest absolute Gasteiger partial charge is 0.303 e. The Labute approximate surface area is 84.9 Å². The molecular formula is C11H19NO2. The molecule has 2 aliphatic rings. The van der Waals surface area contributed by atoms with E-state index < -0.39 is 5.97 Å². The van der Waals surface area contributed by atoms with E-state index in [-0.39, 0.29) is 0 Å². The van der Waals surface area contributed by atoms with Crippen molar-refractivity contribution in [3.8, 4) is 0 Å². The standard InChI is InChI=1S/C11H19NO2/c13-11(14)5-4-10(8-2-1-3-8)9-6-12-7-9/h8-10,12H,1-7H2,(H,13,14). The molecule has 0 amide bonds. The Bertz CT molecular complexity index is 195. The van der Waals surface area contributed by atoms with Gasteiger partial charge in [-0.05, 0) is 37.3 Å². The second-order valence-corrected chi connectivity index (χ2v) is 4.71. The van der Waals surface area contributed by atoms with Crippen LogP contribution in [0.5, 0.6) is 0 Å². The molecule has 2 fully saturated rings. The lowest BCUT2D eigenvalue weighted by Crippen LogP contribution is -2.49. The number of rotatable bonds is 5. The molecule has 0 spiro atoms. The van der Waals surface area contributed by atoms with Crippen LogP contribution < -0.4 is 5.32 Å². The van der Waals surface area contributed by atoms with Crippen LogP contribution in [0.1, 0.15) is 32.1 Å². The molecule has 1 aliphatic heterocycles. The van der Waals surface area contributed by atoms with Gasteiger partial charge in [-0.3, -0.25) is 4.79 Å². The van der Waals surface area contributed by atoms with Crippen molar-refractivity contribution >= 4 is 5.97 Å². The van der Waals surface area contributed by atoms with Crippen molar-refractivity contribution in [3.63, 3.8) is 0 Å². The van der Waals surface area contributed by atoms with Gasteiger partial charge in [0.1, 0.15) is 0 Å². The predicted octanol–water partition coefficient (Wildman–Crippen LogP) is 1.49. The number of aliphatic carboxylic acids is 1. The second kappa shape index (κ2) is 4.30. The molecule has 1 saturated carbocycles. The number of nitrogens with one attached hydrogen (secondary N) is 1. The van der Waals surface area contributed by atoms with Crippen LogP contribution in [0, 0.1) is 17.8 Å². The molecule has 80 valence electrons. The van der Waals surface area contributed by atoms with Crippen LogP contribution in [0.3, 0.4) is 0 Å². The number of hydrogen-bond donors (Lipinski definition) is 2. The van der Waals surface area contributed by atoms with E-state index >= 15 is 0 Å². The Kier molecular flexibility index (Phi) is 3.06. The molecule has 0 bridgehead atoms. The Morgan fingerprint density at radius 2 is 2.07 bits per heavy atom. The van der Waals surface area contributed by atoms with Crippen molar-refractivity contribution in [1.82, 2.24) is 5.32 Å². The number of carboxylic acids is 1. The Morgan fingerprint density at radius 1 is 1.36 bits per heavy atom. The molecule has 1 heterocycles. The summed E-state index contributed by atoms with van der Waals surface area (Å²) < 4.78 is 0. The van der Waals surface area contributed by atoms with Gasteiger partial charge in [0.2, 0.25) is 0 Å². The Hall–Kier alpha value is -0.570. The maximum atomic E-state index is 10.5. The zero-order chi connectivity index (χ0) is 9.97. The molecule has 0 aromatic carbocycles. The lowest BCUT2D eigenvalue weighted by molar-refractivity contribution is -0.137. The first-order valence-corrected chi connectivity index (χ1v) is 5.70. The van der Waals surface area contributed by atoms with Crippen LogP contribution in [0.15, 0.2) is 0 Å². The summed E-state index contributed by atoms with van der Waals surface area (Å²) in [4.78, 5) is 10.5. The van der Waals surface area contributed by atoms with Crippen molar-refractivity contribution in [1.29, 1.82) is 0 Å². The van der Waals surface area contributed by atoms with Gasteiger partial charge in [0, 0.05) is 6.42 Å². The third-order valence-corrected chi connectivity index (χ3v) is 3.87. The summed E-state index contributed by atoms with van der Waals surface area (Å²) >= 11 is 0. The number of carbonyl (C=O) groups is 1. The monoisotopic (exact) mass is 197 g/mol. The molecule has 0 aromatic rings. The average Bonchev–Trinajstić information content (AvgIpc) is 1.92. The first kappa shape index (κ1) is 9.97. The van der Waals surface area contributed by atoms with Crippen molar-refractivity contribution in [2.45, 2.75) is 32.1 Å². The van der Waals surface area contributed by atoms with E-state index in [1.807, 2.05) is 0 Å². The first-order valence-electron chi connectivity index (χ1n) is 5.70. The van der Waals surface area contributed by atoms with Crippen LogP contribution in [0.4, 0.5) is 0 Å². The Balaban J connectivity index is 1.81. The lowest BCUT2D eigenvalue weighted by atomic mass is 9.67. The summed E-state index contributed by atoms with van der Waals surface area (Å²) in [5, 5.41) is 12.0. The van der Waals surface area contributed by atoms with E-state index in [0.717, 1.165) is 31.3 Å². The van der Waals surface area contributed by atoms with Gasteiger partial charge in [0.05, 0.1) is 0 Å². The molecule has 3 nitrogen and oxygen atoms in total. The minimum atomic E-state index is -0.637. The third kappa shape index (κ3) is 2.08. The summed E-state index contributed by atoms with van der Waals surface area (Å²) in [6, 6.07) is 0. The maximum absolute atomic E-state index is 10.5. The van der Waals surface area contributed by atoms with Gasteiger partial charge < -0.3 is 10.4 Å². The van der Waals surface area contributed by atoms with E-state index in [9.17, 15) is 4.79 Å². The highest BCUT2D eigenvalue weighted by atomic mass is 16.4. The summed E-state index contributed by atoms with van der Waals surface area (Å²) in [6.07, 6.45) is 5.28. The molecule has 2 N–H and O–H groups in total. The van der Waals surface area contributed by atoms with Crippen LogP contribution >= 0.6 is 0 Å². The maximum Gasteiger partial charge on any atom is 0.303 e. The Morgan fingerprint density at radius 3 is 2.43 bits per heavy atom. The quantitative estimate of drug-likeness (QED) is 0.702. The highest BCUT2D eigenvalue weighted by molar-refractivity contribution is 5.66. The minimum absolute atomic E-state index is 0.359. The molecule has 3 heteroatoms. The highest BCUT2D eigenvalue weighted by Gasteiger charge is 2.35. The van der Waals surface area contributed by atoms with Crippen molar-refractivity contribution in [3.05, 3.63) is 0 Å². The first-order chi connectivity index (χ1) is 6.77. The largest absolute Gasteiger partial charge is 0.481 e. The second-order valence-electron chi connectivity index (χ2n) is 4.71. The summed E-state index contributed by atoms with van der Waals surface area (Å²) in [5.74, 6) is 1.64. The molecule has 1 saturated heterocycles. The molecule has 0 radical (unpaired) electrons. The predicted molar refractivity (Wildman–Crippen MR) is 54.1 cm³/mol. The fraction of sp³-hybridized carbons (Fsp3) is 0.909. The number of carboxylic acid groups (broad SMARTS) is 1. The lowest BCUT2D eigenvalue weighted by Gasteiger charge is -2.43. The van der Waals surface area contributed by atoms with Crippen molar-refractivity contribution in [2.75, 3.05) is 13.1 Å². The third-order valence-electron chi connectivity index (χ3n) is 3.87. The zero-order valence-electron chi connectivity index (χ0n) is 8.54. The van der Waals surface area contributed by atoms with Gasteiger partial charge >= 0.3 is 5.97 Å². The van der Waals surface area contributed by atoms with Gasteiger partial charge in [-0.1, -0.05) is 19.3 Å². The van der Waals surface area contributed by atoms with Crippen molar-refractivity contribution < 1.29 is 9.90 Å². The van der Waals surface area contributed by atoms with Gasteiger partial charge in [0.25, 0.3) is 0 Å². The SMILES string of the molecule is O=C(O)CCC(C1CCC1)C1CNC1. The van der Waals surface area contributed by atoms with Crippen LogP contribution in [-0.4, -0.2) is 24.2 Å². The highest BCUT2D eigenvalue weighted by Crippen LogP contribution is 2.40. The normalized spacial score (nSPS) is 25.1. The topological polar surface area (TPSA) is 49.3 Å². The molecule has 14 heavy (non-hydrogen) atoms. The fourth-order valence-corrected chi connectivity index (χ4v) is 2.63. The summed E-state index contributed by atoms with van der Waals surface area (Å²) in [5.41, 5.74) is 0. The van der Waals surface area contributed by atoms with E-state index in [1.165, 1.54) is 19.3 Å². The fourth-order valence-electron chi connectivity index (χ4n) is 2.63. The minimum Gasteiger partial charge on any atom is -0.481 e. The number of hydrogen-bond acceptors (Lipinski definition) is 2. The van der Waals surface area contributed by atoms with Crippen LogP contribution in [-0.2, 0) is 4.79 Å². The summed E-state index contributed by atoms with van der Waals surface area (Å²) in [6.45, 7) is 2.22. The van der Waals surface area contributed by atoms with E-state index in [4.69, 9.17) is 5.11 Å². The van der Waals surface area contributed by atoms with Gasteiger partial charge in [-0.25, -0.2) is 0 Å². The molecule has 1 aliphatic carbocycles. The van der Waals surface area contributed by atoms with E-state index in [0.29, 0.717) is 12.3 Å². The van der Waals surface area contributed by atoms with Crippen LogP contribution in [0.25, 0.3) is 0 Å². The van der Waals surface area contributed by atoms with Gasteiger partial charge in [-0.2, -0.15) is 0 Å². The average molecular weight is 197 g/mol. The van der Waals surface area contributed by atoms with E-state index in [1.54, 1.807) is 0 Å². The molecule has 1 atom stereocenters. The van der Waals surface area contributed by atoms with E-state index in [2.05, 4.69) is 5.32 Å². The van der Waals surface area contributed by atoms with Crippen LogP contribution in [0.2, 0.25) is 0 Å². The molecule has 2 rings (SSSR count). The molecular weight excluding hydrogens is 178 g/mol. The van der Waals surface area contributed by atoms with Crippen molar-refractivity contribution in [2.24, 2.45) is 17.8 Å².